The maximum Gasteiger partial charge on any atom is 0.268 e. The summed E-state index contributed by atoms with van der Waals surface area (Å²) in [5, 5.41) is 2.78. The van der Waals surface area contributed by atoms with E-state index < -0.39 is 0 Å². The molecule has 0 saturated heterocycles. The molecule has 4 N–H and O–H groups in total. The Bertz CT molecular complexity index is 516. The van der Waals surface area contributed by atoms with Crippen molar-refractivity contribution in [3.05, 3.63) is 47.5 Å². The second-order valence-corrected chi connectivity index (χ2v) is 3.84. The van der Waals surface area contributed by atoms with Crippen molar-refractivity contribution >= 4 is 11.6 Å². The highest BCUT2D eigenvalue weighted by molar-refractivity contribution is 5.93. The molecule has 2 aromatic heterocycles. The van der Waals surface area contributed by atoms with Crippen LogP contribution in [0.1, 0.15) is 21.7 Å². The van der Waals surface area contributed by atoms with Crippen LogP contribution in [0.5, 0.6) is 0 Å². The minimum atomic E-state index is -0.178. The Morgan fingerprint density at radius 3 is 2.94 bits per heavy atom. The van der Waals surface area contributed by atoms with E-state index in [0.29, 0.717) is 17.9 Å². The van der Waals surface area contributed by atoms with Crippen LogP contribution in [0.3, 0.4) is 0 Å². The average Bonchev–Trinajstić information content (AvgIpc) is 2.75. The summed E-state index contributed by atoms with van der Waals surface area (Å²) >= 11 is 0. The number of nitrogen functional groups attached to an aromatic ring is 1. The molecule has 0 aliphatic rings. The lowest BCUT2D eigenvalue weighted by Gasteiger charge is -2.03. The molecule has 0 fully saturated rings. The van der Waals surface area contributed by atoms with Gasteiger partial charge < -0.3 is 16.0 Å². The molecule has 2 aromatic rings. The molecule has 0 aliphatic carbocycles. The summed E-state index contributed by atoms with van der Waals surface area (Å²) < 4.78 is 0. The molecule has 0 bridgehead atoms. The quantitative estimate of drug-likeness (QED) is 0.741. The zero-order valence-electron chi connectivity index (χ0n) is 9.53. The lowest BCUT2D eigenvalue weighted by Crippen LogP contribution is -2.23. The third-order valence-electron chi connectivity index (χ3n) is 2.38. The summed E-state index contributed by atoms with van der Waals surface area (Å²) in [6.07, 6.45) is 3.33. The zero-order valence-corrected chi connectivity index (χ0v) is 9.53. The van der Waals surface area contributed by atoms with E-state index >= 15 is 0 Å². The molecule has 0 spiro atoms. The second kappa shape index (κ2) is 4.69. The fraction of sp³-hybridized carbons (Fsp3) is 0.167. The molecular weight excluding hydrogens is 216 g/mol. The molecule has 2 rings (SSSR count). The number of nitrogens with two attached hydrogens (primary N) is 1. The molecule has 0 aromatic carbocycles. The van der Waals surface area contributed by atoms with Crippen LogP contribution in [0, 0.1) is 6.92 Å². The Balaban J connectivity index is 1.94. The molecule has 0 saturated carbocycles. The molecule has 17 heavy (non-hydrogen) atoms. The Labute approximate surface area is 99.1 Å². The number of nitrogens with one attached hydrogen (secondary N) is 2. The number of aromatic amines is 1. The highest BCUT2D eigenvalue weighted by Gasteiger charge is 2.06. The second-order valence-electron chi connectivity index (χ2n) is 3.84. The Hall–Kier alpha value is -2.30. The van der Waals surface area contributed by atoms with Crippen LogP contribution in [0.15, 0.2) is 30.6 Å². The van der Waals surface area contributed by atoms with E-state index in [-0.39, 0.29) is 5.91 Å². The van der Waals surface area contributed by atoms with Gasteiger partial charge in [0.15, 0.2) is 0 Å². The predicted molar refractivity (Wildman–Crippen MR) is 65.3 cm³/mol. The molecule has 0 atom stereocenters. The summed E-state index contributed by atoms with van der Waals surface area (Å²) in [6, 6.07) is 5.45. The maximum absolute atomic E-state index is 11.7. The summed E-state index contributed by atoms with van der Waals surface area (Å²) in [4.78, 5) is 18.6. The van der Waals surface area contributed by atoms with Gasteiger partial charge in [-0.05, 0) is 24.6 Å². The third-order valence-corrected chi connectivity index (χ3v) is 2.38. The Morgan fingerprint density at radius 1 is 1.53 bits per heavy atom. The van der Waals surface area contributed by atoms with Crippen molar-refractivity contribution in [2.45, 2.75) is 13.5 Å². The minimum Gasteiger partial charge on any atom is -0.397 e. The van der Waals surface area contributed by atoms with Crippen LogP contribution in [0.25, 0.3) is 0 Å². The highest BCUT2D eigenvalue weighted by atomic mass is 16.1. The van der Waals surface area contributed by atoms with Gasteiger partial charge in [0.1, 0.15) is 5.69 Å². The van der Waals surface area contributed by atoms with Gasteiger partial charge >= 0.3 is 0 Å². The molecule has 0 radical (unpaired) electrons. The number of aromatic nitrogens is 2. The van der Waals surface area contributed by atoms with Gasteiger partial charge in [-0.25, -0.2) is 0 Å². The van der Waals surface area contributed by atoms with E-state index in [4.69, 9.17) is 5.73 Å². The number of hydrogen-bond donors (Lipinski definition) is 3. The molecule has 2 heterocycles. The number of hydrogen-bond acceptors (Lipinski definition) is 3. The first kappa shape index (κ1) is 11.2. The van der Waals surface area contributed by atoms with E-state index in [1.54, 1.807) is 18.5 Å². The van der Waals surface area contributed by atoms with Gasteiger partial charge in [-0.2, -0.15) is 0 Å². The fourth-order valence-corrected chi connectivity index (χ4v) is 1.42. The molecule has 5 nitrogen and oxygen atoms in total. The van der Waals surface area contributed by atoms with Crippen LogP contribution in [-0.2, 0) is 6.54 Å². The third kappa shape index (κ3) is 2.84. The van der Waals surface area contributed by atoms with Crippen molar-refractivity contribution in [1.82, 2.24) is 15.3 Å². The topological polar surface area (TPSA) is 83.8 Å². The van der Waals surface area contributed by atoms with Gasteiger partial charge in [0.2, 0.25) is 0 Å². The van der Waals surface area contributed by atoms with Crippen molar-refractivity contribution < 1.29 is 4.79 Å². The van der Waals surface area contributed by atoms with E-state index in [0.717, 1.165) is 11.3 Å². The number of rotatable bonds is 3. The van der Waals surface area contributed by atoms with Crippen LogP contribution >= 0.6 is 0 Å². The van der Waals surface area contributed by atoms with Crippen molar-refractivity contribution in [3.8, 4) is 0 Å². The van der Waals surface area contributed by atoms with Gasteiger partial charge in [-0.1, -0.05) is 6.07 Å². The van der Waals surface area contributed by atoms with Gasteiger partial charge in [-0.3, -0.25) is 9.78 Å². The summed E-state index contributed by atoms with van der Waals surface area (Å²) in [5.74, 6) is -0.178. The normalized spacial score (nSPS) is 10.2. The minimum absolute atomic E-state index is 0.178. The van der Waals surface area contributed by atoms with Crippen molar-refractivity contribution in [2.75, 3.05) is 5.73 Å². The smallest absolute Gasteiger partial charge is 0.268 e. The zero-order chi connectivity index (χ0) is 12.3. The van der Waals surface area contributed by atoms with Crippen molar-refractivity contribution in [3.63, 3.8) is 0 Å². The molecule has 1 amide bonds. The number of anilines is 1. The first-order valence-electron chi connectivity index (χ1n) is 5.29. The number of nitrogens with zero attached hydrogens (tertiary/aromatic N) is 1. The maximum atomic E-state index is 11.7. The number of H-pyrrole nitrogens is 1. The summed E-state index contributed by atoms with van der Waals surface area (Å²) in [7, 11) is 0. The van der Waals surface area contributed by atoms with Crippen molar-refractivity contribution in [2.24, 2.45) is 0 Å². The Kier molecular flexibility index (Phi) is 3.09. The highest BCUT2D eigenvalue weighted by Crippen LogP contribution is 2.05. The van der Waals surface area contributed by atoms with Gasteiger partial charge in [-0.15, -0.1) is 0 Å². The fourth-order valence-electron chi connectivity index (χ4n) is 1.42. The number of pyridine rings is 1. The molecular formula is C12H14N4O. The first-order chi connectivity index (χ1) is 8.15. The standard InChI is InChI=1S/C12H14N4O/c1-8-2-3-9(5-14-8)6-16-12(17)11-4-10(13)7-15-11/h2-5,7,15H,6,13H2,1H3,(H,16,17). The summed E-state index contributed by atoms with van der Waals surface area (Å²) in [6.45, 7) is 2.37. The van der Waals surface area contributed by atoms with E-state index in [1.165, 1.54) is 0 Å². The first-order valence-corrected chi connectivity index (χ1v) is 5.29. The molecule has 88 valence electrons. The van der Waals surface area contributed by atoms with Crippen LogP contribution in [0.2, 0.25) is 0 Å². The van der Waals surface area contributed by atoms with Crippen molar-refractivity contribution in [1.29, 1.82) is 0 Å². The lowest BCUT2D eigenvalue weighted by molar-refractivity contribution is 0.0946. The SMILES string of the molecule is Cc1ccc(CNC(=O)c2cc(N)c[nH]2)cn1. The van der Waals surface area contributed by atoms with E-state index in [9.17, 15) is 4.79 Å². The predicted octanol–water partition coefficient (Wildman–Crippen LogP) is 1.23. The number of amides is 1. The van der Waals surface area contributed by atoms with Crippen LogP contribution in [-0.4, -0.2) is 15.9 Å². The Morgan fingerprint density at radius 2 is 2.35 bits per heavy atom. The van der Waals surface area contributed by atoms with Gasteiger partial charge in [0.05, 0.1) is 0 Å². The molecule has 0 aliphatic heterocycles. The lowest BCUT2D eigenvalue weighted by atomic mass is 10.2. The van der Waals surface area contributed by atoms with E-state index in [1.807, 2.05) is 19.1 Å². The number of carbonyl (C=O) groups excluding carboxylic acids is 1. The number of carbonyl (C=O) groups is 1. The average molecular weight is 230 g/mol. The van der Waals surface area contributed by atoms with Crippen LogP contribution < -0.4 is 11.1 Å². The number of aryl methyl sites for hydroxylation is 1. The van der Waals surface area contributed by atoms with Crippen LogP contribution in [0.4, 0.5) is 5.69 Å². The largest absolute Gasteiger partial charge is 0.397 e. The molecule has 5 heteroatoms. The summed E-state index contributed by atoms with van der Waals surface area (Å²) in [5.41, 5.74) is 8.45. The van der Waals surface area contributed by atoms with Gasteiger partial charge in [0.25, 0.3) is 5.91 Å². The monoisotopic (exact) mass is 230 g/mol. The van der Waals surface area contributed by atoms with E-state index in [2.05, 4.69) is 15.3 Å². The van der Waals surface area contributed by atoms with Gasteiger partial charge in [0, 0.05) is 30.3 Å². The molecule has 0 unspecified atom stereocenters.